The van der Waals surface area contributed by atoms with Gasteiger partial charge < -0.3 is 20.7 Å². The summed E-state index contributed by atoms with van der Waals surface area (Å²) >= 11 is 5.10. The molecule has 1 amide bonds. The van der Waals surface area contributed by atoms with Gasteiger partial charge in [0.1, 0.15) is 0 Å². The van der Waals surface area contributed by atoms with Crippen LogP contribution in [0.25, 0.3) is 0 Å². The van der Waals surface area contributed by atoms with Crippen molar-refractivity contribution in [3.8, 4) is 0 Å². The lowest BCUT2D eigenvalue weighted by Crippen LogP contribution is -2.30. The number of methoxy groups -OCH3 is 1. The van der Waals surface area contributed by atoms with E-state index < -0.39 is 0 Å². The number of unbranched alkanes of at least 4 members (excludes halogenated alkanes) is 4. The number of hydrogen-bond acceptors (Lipinski definition) is 4. The van der Waals surface area contributed by atoms with Crippen LogP contribution in [-0.4, -0.2) is 42.7 Å². The molecule has 1 heterocycles. The lowest BCUT2D eigenvalue weighted by atomic mass is 10.0. The average molecular weight is 358 g/mol. The van der Waals surface area contributed by atoms with Crippen LogP contribution in [0.2, 0.25) is 0 Å². The second kappa shape index (κ2) is 12.1. The summed E-state index contributed by atoms with van der Waals surface area (Å²) in [4.78, 5) is 22.7. The second-order valence-electron chi connectivity index (χ2n) is 6.35. The molecule has 0 aromatic heterocycles. The molecule has 1 aliphatic rings. The van der Waals surface area contributed by atoms with Crippen molar-refractivity contribution in [1.82, 2.24) is 16.0 Å². The average Bonchev–Trinajstić information content (AvgIpc) is 2.87. The number of carbonyl (C=O) groups is 2. The molecule has 3 N–H and O–H groups in total. The quantitative estimate of drug-likeness (QED) is 0.282. The molecule has 0 spiro atoms. The number of esters is 1. The third-order valence-electron chi connectivity index (χ3n) is 4.31. The summed E-state index contributed by atoms with van der Waals surface area (Å²) < 4.78 is 4.58. The first-order valence-electron chi connectivity index (χ1n) is 8.93. The van der Waals surface area contributed by atoms with E-state index in [1.807, 2.05) is 0 Å². The highest BCUT2D eigenvalue weighted by molar-refractivity contribution is 7.80. The molecule has 7 heteroatoms. The predicted octanol–water partition coefficient (Wildman–Crippen LogP) is 2.02. The van der Waals surface area contributed by atoms with Crippen LogP contribution in [0.3, 0.4) is 0 Å². The Kier molecular flexibility index (Phi) is 10.4. The van der Waals surface area contributed by atoms with E-state index in [4.69, 9.17) is 12.2 Å². The SMILES string of the molecule is COC(=O)CCCCCNC(=O)CCCCC[C@H]1NC(=S)N[C@H]1C. The first kappa shape index (κ1) is 20.7. The first-order valence-corrected chi connectivity index (χ1v) is 9.34. The fraction of sp³-hybridized carbons (Fsp3) is 0.824. The molecule has 1 saturated heterocycles. The molecule has 0 unspecified atom stereocenters. The monoisotopic (exact) mass is 357 g/mol. The molecule has 1 fully saturated rings. The van der Waals surface area contributed by atoms with Crippen LogP contribution >= 0.6 is 12.2 Å². The summed E-state index contributed by atoms with van der Waals surface area (Å²) in [6, 6.07) is 0.802. The third-order valence-corrected chi connectivity index (χ3v) is 4.54. The fourth-order valence-corrected chi connectivity index (χ4v) is 3.12. The van der Waals surface area contributed by atoms with Crippen LogP contribution < -0.4 is 16.0 Å². The number of rotatable bonds is 12. The number of thiocarbonyl (C=S) groups is 1. The highest BCUT2D eigenvalue weighted by atomic mass is 32.1. The number of nitrogens with one attached hydrogen (secondary N) is 3. The van der Waals surface area contributed by atoms with Gasteiger partial charge in [-0.3, -0.25) is 9.59 Å². The summed E-state index contributed by atoms with van der Waals surface area (Å²) in [5, 5.41) is 10.2. The molecule has 6 nitrogen and oxygen atoms in total. The molecule has 0 aliphatic carbocycles. The molecule has 0 aromatic rings. The third kappa shape index (κ3) is 9.05. The maximum atomic E-state index is 11.7. The minimum atomic E-state index is -0.168. The van der Waals surface area contributed by atoms with E-state index in [0.29, 0.717) is 31.5 Å². The summed E-state index contributed by atoms with van der Waals surface area (Å²) in [7, 11) is 1.40. The summed E-state index contributed by atoms with van der Waals surface area (Å²) in [6.45, 7) is 2.82. The van der Waals surface area contributed by atoms with E-state index in [2.05, 4.69) is 27.6 Å². The first-order chi connectivity index (χ1) is 11.5. The molecule has 0 saturated carbocycles. The van der Waals surface area contributed by atoms with Crippen molar-refractivity contribution < 1.29 is 14.3 Å². The van der Waals surface area contributed by atoms with Crippen molar-refractivity contribution in [2.24, 2.45) is 0 Å². The van der Waals surface area contributed by atoms with Gasteiger partial charge in [-0.1, -0.05) is 19.3 Å². The standard InChI is InChI=1S/C17H31N3O3S/c1-13-14(20-17(24)19-13)9-5-3-6-10-15(21)18-12-8-4-7-11-16(22)23-2/h13-14H,3-12H2,1-2H3,(H,18,21)(H2,19,20,24)/t13-,14+/m0/s1. The van der Waals surface area contributed by atoms with Crippen molar-refractivity contribution in [3.05, 3.63) is 0 Å². The minimum absolute atomic E-state index is 0.123. The van der Waals surface area contributed by atoms with Gasteiger partial charge in [0.25, 0.3) is 0 Å². The van der Waals surface area contributed by atoms with E-state index in [0.717, 1.165) is 50.1 Å². The van der Waals surface area contributed by atoms with Crippen LogP contribution in [0.15, 0.2) is 0 Å². The smallest absolute Gasteiger partial charge is 0.305 e. The zero-order valence-electron chi connectivity index (χ0n) is 14.9. The van der Waals surface area contributed by atoms with Gasteiger partial charge in [0, 0.05) is 31.5 Å². The largest absolute Gasteiger partial charge is 0.469 e. The molecular weight excluding hydrogens is 326 g/mol. The Morgan fingerprint density at radius 1 is 1.08 bits per heavy atom. The van der Waals surface area contributed by atoms with Crippen molar-refractivity contribution in [2.75, 3.05) is 13.7 Å². The van der Waals surface area contributed by atoms with Crippen LogP contribution in [0.4, 0.5) is 0 Å². The van der Waals surface area contributed by atoms with E-state index in [1.54, 1.807) is 0 Å². The molecule has 0 radical (unpaired) electrons. The second-order valence-corrected chi connectivity index (χ2v) is 6.76. The van der Waals surface area contributed by atoms with Gasteiger partial charge in [-0.25, -0.2) is 0 Å². The normalized spacial score (nSPS) is 19.5. The lowest BCUT2D eigenvalue weighted by Gasteiger charge is -2.13. The Morgan fingerprint density at radius 2 is 1.79 bits per heavy atom. The van der Waals surface area contributed by atoms with Crippen LogP contribution in [-0.2, 0) is 14.3 Å². The van der Waals surface area contributed by atoms with Gasteiger partial charge in [0.15, 0.2) is 5.11 Å². The Morgan fingerprint density at radius 3 is 2.46 bits per heavy atom. The van der Waals surface area contributed by atoms with Crippen LogP contribution in [0, 0.1) is 0 Å². The number of ether oxygens (including phenoxy) is 1. The van der Waals surface area contributed by atoms with Gasteiger partial charge in [0.05, 0.1) is 7.11 Å². The zero-order valence-corrected chi connectivity index (χ0v) is 15.7. The van der Waals surface area contributed by atoms with Crippen molar-refractivity contribution >= 4 is 29.2 Å². The molecule has 2 atom stereocenters. The van der Waals surface area contributed by atoms with Crippen molar-refractivity contribution in [3.63, 3.8) is 0 Å². The van der Waals surface area contributed by atoms with Crippen molar-refractivity contribution in [2.45, 2.75) is 76.8 Å². The van der Waals surface area contributed by atoms with Crippen molar-refractivity contribution in [1.29, 1.82) is 0 Å². The van der Waals surface area contributed by atoms with Gasteiger partial charge in [-0.2, -0.15) is 0 Å². The zero-order chi connectivity index (χ0) is 17.8. The summed E-state index contributed by atoms with van der Waals surface area (Å²) in [5.74, 6) is -0.0444. The highest BCUT2D eigenvalue weighted by Crippen LogP contribution is 2.11. The topological polar surface area (TPSA) is 79.5 Å². The maximum Gasteiger partial charge on any atom is 0.305 e. The fourth-order valence-electron chi connectivity index (χ4n) is 2.78. The van der Waals surface area contributed by atoms with Crippen LogP contribution in [0.5, 0.6) is 0 Å². The molecule has 0 bridgehead atoms. The van der Waals surface area contributed by atoms with Gasteiger partial charge in [-0.05, 0) is 44.8 Å². The Bertz CT molecular complexity index is 418. The van der Waals surface area contributed by atoms with Gasteiger partial charge in [0.2, 0.25) is 5.91 Å². The highest BCUT2D eigenvalue weighted by Gasteiger charge is 2.24. The molecular formula is C17H31N3O3S. The lowest BCUT2D eigenvalue weighted by molar-refractivity contribution is -0.140. The van der Waals surface area contributed by atoms with E-state index in [-0.39, 0.29) is 11.9 Å². The molecule has 24 heavy (non-hydrogen) atoms. The van der Waals surface area contributed by atoms with E-state index in [1.165, 1.54) is 7.11 Å². The van der Waals surface area contributed by atoms with E-state index >= 15 is 0 Å². The predicted molar refractivity (Wildman–Crippen MR) is 98.7 cm³/mol. The summed E-state index contributed by atoms with van der Waals surface area (Å²) in [6.07, 6.45) is 7.86. The van der Waals surface area contributed by atoms with Gasteiger partial charge >= 0.3 is 5.97 Å². The number of carbonyl (C=O) groups excluding carboxylic acids is 2. The molecule has 0 aromatic carbocycles. The molecule has 1 aliphatic heterocycles. The number of amides is 1. The summed E-state index contributed by atoms with van der Waals surface area (Å²) in [5.41, 5.74) is 0. The minimum Gasteiger partial charge on any atom is -0.469 e. The Balaban J connectivity index is 1.89. The number of hydrogen-bond donors (Lipinski definition) is 3. The maximum absolute atomic E-state index is 11.7. The molecule has 1 rings (SSSR count). The molecule has 138 valence electrons. The Hall–Kier alpha value is -1.37. The van der Waals surface area contributed by atoms with E-state index in [9.17, 15) is 9.59 Å². The van der Waals surface area contributed by atoms with Gasteiger partial charge in [-0.15, -0.1) is 0 Å². The Labute approximate surface area is 150 Å². The van der Waals surface area contributed by atoms with Crippen LogP contribution in [0.1, 0.15) is 64.7 Å².